The molecule has 1 rings (SSSR count). The average molecular weight is 228 g/mol. The minimum Gasteiger partial charge on any atom is -0.391 e. The lowest BCUT2D eigenvalue weighted by molar-refractivity contribution is 0.183. The molecule has 1 unspecified atom stereocenters. The molecule has 1 aromatic heterocycles. The lowest BCUT2D eigenvalue weighted by atomic mass is 10.3. The number of aromatic nitrogens is 3. The molecule has 0 aromatic carbocycles. The number of hydrogen-bond donors (Lipinski definition) is 2. The zero-order valence-corrected chi connectivity index (χ0v) is 9.60. The summed E-state index contributed by atoms with van der Waals surface area (Å²) in [5, 5.41) is 15.8. The van der Waals surface area contributed by atoms with E-state index in [9.17, 15) is 14.7 Å². The average Bonchev–Trinajstić information content (AvgIpc) is 2.28. The summed E-state index contributed by atoms with van der Waals surface area (Å²) in [4.78, 5) is 22.9. The molecule has 0 bridgehead atoms. The first-order valence-electron chi connectivity index (χ1n) is 5.03. The van der Waals surface area contributed by atoms with Crippen molar-refractivity contribution >= 4 is 5.82 Å². The van der Waals surface area contributed by atoms with Crippen LogP contribution < -0.4 is 16.6 Å². The van der Waals surface area contributed by atoms with E-state index in [-0.39, 0.29) is 12.4 Å². The van der Waals surface area contributed by atoms with Crippen LogP contribution in [0.4, 0.5) is 5.82 Å². The Kier molecular flexibility index (Phi) is 3.83. The lowest BCUT2D eigenvalue weighted by Crippen LogP contribution is -2.40. The molecule has 1 aromatic rings. The van der Waals surface area contributed by atoms with E-state index in [0.717, 1.165) is 9.25 Å². The fourth-order valence-corrected chi connectivity index (χ4v) is 1.17. The molecule has 7 nitrogen and oxygen atoms in total. The Morgan fingerprint density at radius 1 is 1.44 bits per heavy atom. The Morgan fingerprint density at radius 3 is 2.62 bits per heavy atom. The van der Waals surface area contributed by atoms with Gasteiger partial charge in [0, 0.05) is 20.6 Å². The number of hydrogen-bond acceptors (Lipinski definition) is 5. The topological polar surface area (TPSA) is 89.2 Å². The Balaban J connectivity index is 2.98. The van der Waals surface area contributed by atoms with Crippen LogP contribution in [0.5, 0.6) is 0 Å². The second-order valence-electron chi connectivity index (χ2n) is 3.56. The minimum absolute atomic E-state index is 0.0668. The van der Waals surface area contributed by atoms with Crippen molar-refractivity contribution in [2.24, 2.45) is 14.1 Å². The van der Waals surface area contributed by atoms with Crippen molar-refractivity contribution in [2.75, 3.05) is 11.9 Å². The zero-order chi connectivity index (χ0) is 12.3. The third kappa shape index (κ3) is 2.48. The quantitative estimate of drug-likeness (QED) is 0.666. The number of nitrogens with one attached hydrogen (secondary N) is 1. The van der Waals surface area contributed by atoms with Crippen LogP contribution in [0.2, 0.25) is 0 Å². The van der Waals surface area contributed by atoms with Crippen LogP contribution in [0.15, 0.2) is 9.59 Å². The Morgan fingerprint density at radius 2 is 2.06 bits per heavy atom. The molecule has 90 valence electrons. The largest absolute Gasteiger partial charge is 0.391 e. The molecule has 0 fully saturated rings. The van der Waals surface area contributed by atoms with Crippen molar-refractivity contribution < 1.29 is 5.11 Å². The van der Waals surface area contributed by atoms with Gasteiger partial charge >= 0.3 is 5.69 Å². The standard InChI is InChI=1S/C9H16N4O3/c1-4-6(14)5-10-7-8(15)12(2)9(16)13(3)11-7/h6,14H,4-5H2,1-3H3,(H,10,11). The molecular weight excluding hydrogens is 212 g/mol. The fraction of sp³-hybridized carbons (Fsp3) is 0.667. The van der Waals surface area contributed by atoms with Crippen molar-refractivity contribution in [2.45, 2.75) is 19.4 Å². The summed E-state index contributed by atoms with van der Waals surface area (Å²) >= 11 is 0. The van der Waals surface area contributed by atoms with E-state index in [0.29, 0.717) is 6.42 Å². The second-order valence-corrected chi connectivity index (χ2v) is 3.56. The van der Waals surface area contributed by atoms with Gasteiger partial charge in [-0.15, -0.1) is 5.10 Å². The summed E-state index contributed by atoms with van der Waals surface area (Å²) in [6, 6.07) is 0. The van der Waals surface area contributed by atoms with Crippen LogP contribution in [0.1, 0.15) is 13.3 Å². The SMILES string of the molecule is CCC(O)CNc1nn(C)c(=O)n(C)c1=O. The molecule has 7 heteroatoms. The maximum absolute atomic E-state index is 11.6. The van der Waals surface area contributed by atoms with Crippen LogP contribution in [0, 0.1) is 0 Å². The van der Waals surface area contributed by atoms with E-state index in [1.54, 1.807) is 0 Å². The third-order valence-electron chi connectivity index (χ3n) is 2.30. The summed E-state index contributed by atoms with van der Waals surface area (Å²) in [5.41, 5.74) is -0.974. The molecular formula is C9H16N4O3. The smallest absolute Gasteiger partial charge is 0.346 e. The van der Waals surface area contributed by atoms with Crippen molar-refractivity contribution in [3.63, 3.8) is 0 Å². The molecule has 1 atom stereocenters. The first kappa shape index (κ1) is 12.4. The molecule has 0 aliphatic carbocycles. The van der Waals surface area contributed by atoms with Crippen molar-refractivity contribution in [3.05, 3.63) is 20.8 Å². The molecule has 0 radical (unpaired) electrons. The molecule has 16 heavy (non-hydrogen) atoms. The van der Waals surface area contributed by atoms with Gasteiger partial charge < -0.3 is 10.4 Å². The number of aliphatic hydroxyl groups excluding tert-OH is 1. The number of anilines is 1. The van der Waals surface area contributed by atoms with E-state index in [1.807, 2.05) is 6.92 Å². The van der Waals surface area contributed by atoms with Gasteiger partial charge in [0.25, 0.3) is 5.56 Å². The third-order valence-corrected chi connectivity index (χ3v) is 2.30. The van der Waals surface area contributed by atoms with Crippen LogP contribution in [-0.2, 0) is 14.1 Å². The summed E-state index contributed by atoms with van der Waals surface area (Å²) in [5.74, 6) is 0.0668. The highest BCUT2D eigenvalue weighted by Gasteiger charge is 2.09. The zero-order valence-electron chi connectivity index (χ0n) is 9.60. The Labute approximate surface area is 92.3 Å². The summed E-state index contributed by atoms with van der Waals surface area (Å²) in [7, 11) is 2.84. The predicted molar refractivity (Wildman–Crippen MR) is 59.5 cm³/mol. The van der Waals surface area contributed by atoms with Gasteiger partial charge in [0.15, 0.2) is 0 Å². The van der Waals surface area contributed by atoms with E-state index in [2.05, 4.69) is 10.4 Å². The van der Waals surface area contributed by atoms with Gasteiger partial charge in [-0.2, -0.15) is 0 Å². The molecule has 0 spiro atoms. The molecule has 0 saturated heterocycles. The minimum atomic E-state index is -0.538. The predicted octanol–water partition coefficient (Wildman–Crippen LogP) is -1.34. The monoisotopic (exact) mass is 228 g/mol. The van der Waals surface area contributed by atoms with Gasteiger partial charge in [-0.3, -0.25) is 9.36 Å². The van der Waals surface area contributed by atoms with Gasteiger partial charge in [-0.25, -0.2) is 9.48 Å². The molecule has 0 aliphatic heterocycles. The molecule has 0 aliphatic rings. The Hall–Kier alpha value is -1.63. The molecule has 0 amide bonds. The molecule has 1 heterocycles. The van der Waals surface area contributed by atoms with Crippen LogP contribution in [0.3, 0.4) is 0 Å². The number of rotatable bonds is 4. The van der Waals surface area contributed by atoms with Gasteiger partial charge in [0.1, 0.15) is 0 Å². The van der Waals surface area contributed by atoms with E-state index in [4.69, 9.17) is 0 Å². The second kappa shape index (κ2) is 4.93. The maximum atomic E-state index is 11.6. The summed E-state index contributed by atoms with van der Waals surface area (Å²) in [6.45, 7) is 2.07. The van der Waals surface area contributed by atoms with Gasteiger partial charge in [0.05, 0.1) is 6.10 Å². The fourth-order valence-electron chi connectivity index (χ4n) is 1.17. The highest BCUT2D eigenvalue weighted by molar-refractivity contribution is 5.29. The van der Waals surface area contributed by atoms with Gasteiger partial charge in [-0.05, 0) is 6.42 Å². The Bertz CT molecular complexity index is 477. The van der Waals surface area contributed by atoms with Crippen LogP contribution >= 0.6 is 0 Å². The van der Waals surface area contributed by atoms with Crippen LogP contribution in [0.25, 0.3) is 0 Å². The molecule has 0 saturated carbocycles. The lowest BCUT2D eigenvalue weighted by Gasteiger charge is -2.10. The van der Waals surface area contributed by atoms with E-state index < -0.39 is 17.4 Å². The number of aliphatic hydroxyl groups is 1. The highest BCUT2D eigenvalue weighted by Crippen LogP contribution is 1.93. The highest BCUT2D eigenvalue weighted by atomic mass is 16.3. The van der Waals surface area contributed by atoms with Gasteiger partial charge in [-0.1, -0.05) is 6.92 Å². The number of nitrogens with zero attached hydrogens (tertiary/aromatic N) is 3. The van der Waals surface area contributed by atoms with Crippen molar-refractivity contribution in [1.82, 2.24) is 14.3 Å². The normalized spacial score (nSPS) is 12.5. The number of aryl methyl sites for hydroxylation is 1. The van der Waals surface area contributed by atoms with Crippen LogP contribution in [-0.4, -0.2) is 32.1 Å². The first-order valence-corrected chi connectivity index (χ1v) is 5.03. The first-order chi connectivity index (χ1) is 7.47. The van der Waals surface area contributed by atoms with E-state index in [1.165, 1.54) is 14.1 Å². The van der Waals surface area contributed by atoms with Gasteiger partial charge in [0.2, 0.25) is 5.82 Å². The molecule has 2 N–H and O–H groups in total. The van der Waals surface area contributed by atoms with Crippen molar-refractivity contribution in [1.29, 1.82) is 0 Å². The summed E-state index contributed by atoms with van der Waals surface area (Å²) in [6.07, 6.45) is 0.0442. The van der Waals surface area contributed by atoms with E-state index >= 15 is 0 Å². The van der Waals surface area contributed by atoms with Crippen molar-refractivity contribution in [3.8, 4) is 0 Å². The maximum Gasteiger partial charge on any atom is 0.346 e. The summed E-state index contributed by atoms with van der Waals surface area (Å²) < 4.78 is 2.04.